The third-order valence-electron chi connectivity index (χ3n) is 6.75. The third kappa shape index (κ3) is 7.12. The second kappa shape index (κ2) is 14.0. The topological polar surface area (TPSA) is 88.5 Å². The Labute approximate surface area is 232 Å². The van der Waals surface area contributed by atoms with Crippen molar-refractivity contribution in [2.75, 3.05) is 47.5 Å². The molecule has 0 aliphatic carbocycles. The summed E-state index contributed by atoms with van der Waals surface area (Å²) in [6.45, 7) is 8.09. The minimum atomic E-state index is -0.774. The van der Waals surface area contributed by atoms with Crippen LogP contribution in [-0.2, 0) is 9.59 Å². The number of methoxy groups -OCH3 is 1. The summed E-state index contributed by atoms with van der Waals surface area (Å²) in [7, 11) is 5.38. The number of Topliss-reactive ketones (excluding diaryl/α,β-unsaturated/α-hetero) is 1. The summed E-state index contributed by atoms with van der Waals surface area (Å²) in [4.78, 5) is 30.1. The highest BCUT2D eigenvalue weighted by molar-refractivity contribution is 6.46. The minimum absolute atomic E-state index is 0.0547. The van der Waals surface area contributed by atoms with E-state index in [2.05, 4.69) is 6.92 Å². The van der Waals surface area contributed by atoms with Gasteiger partial charge in [0.1, 0.15) is 11.5 Å². The number of likely N-dealkylation sites (N-methyl/N-ethyl adjacent to an activating group) is 1. The average molecular weight is 539 g/mol. The number of nitrogens with zero attached hydrogens (tertiary/aromatic N) is 2. The average Bonchev–Trinajstić information content (AvgIpc) is 3.18. The predicted molar refractivity (Wildman–Crippen MR) is 153 cm³/mol. The maximum absolute atomic E-state index is 13.4. The van der Waals surface area contributed by atoms with E-state index in [0.29, 0.717) is 48.9 Å². The summed E-state index contributed by atoms with van der Waals surface area (Å²) < 4.78 is 17.3. The summed E-state index contributed by atoms with van der Waals surface area (Å²) in [5, 5.41) is 11.4. The summed E-state index contributed by atoms with van der Waals surface area (Å²) >= 11 is 0. The molecule has 3 rings (SSSR count). The fourth-order valence-corrected chi connectivity index (χ4v) is 4.60. The van der Waals surface area contributed by atoms with Crippen LogP contribution in [0.4, 0.5) is 0 Å². The number of carbonyl (C=O) groups excluding carboxylic acids is 2. The first-order valence-corrected chi connectivity index (χ1v) is 13.7. The van der Waals surface area contributed by atoms with E-state index in [9.17, 15) is 14.7 Å². The quantitative estimate of drug-likeness (QED) is 0.150. The Bertz CT molecular complexity index is 1190. The minimum Gasteiger partial charge on any atom is -0.507 e. The molecule has 8 nitrogen and oxygen atoms in total. The fraction of sp³-hybridized carbons (Fsp3) is 0.484. The van der Waals surface area contributed by atoms with Crippen LogP contribution in [0.25, 0.3) is 5.76 Å². The van der Waals surface area contributed by atoms with E-state index in [0.717, 1.165) is 37.0 Å². The smallest absolute Gasteiger partial charge is 0.295 e. The fourth-order valence-electron chi connectivity index (χ4n) is 4.60. The van der Waals surface area contributed by atoms with Crippen molar-refractivity contribution in [1.82, 2.24) is 9.80 Å². The molecule has 1 saturated heterocycles. The largest absolute Gasteiger partial charge is 0.507 e. The molecule has 0 bridgehead atoms. The number of hydrogen-bond acceptors (Lipinski definition) is 7. The first-order valence-electron chi connectivity index (χ1n) is 13.7. The Balaban J connectivity index is 2.07. The number of likely N-dealkylation sites (tertiary alicyclic amines) is 1. The van der Waals surface area contributed by atoms with E-state index < -0.39 is 17.7 Å². The van der Waals surface area contributed by atoms with Gasteiger partial charge in [0.25, 0.3) is 11.7 Å². The van der Waals surface area contributed by atoms with Gasteiger partial charge in [0.2, 0.25) is 0 Å². The Hall–Kier alpha value is -3.52. The first-order chi connectivity index (χ1) is 18.7. The summed E-state index contributed by atoms with van der Waals surface area (Å²) in [5.74, 6) is 0.266. The molecule has 1 aliphatic heterocycles. The number of ketones is 1. The number of benzene rings is 2. The summed E-state index contributed by atoms with van der Waals surface area (Å²) in [6, 6.07) is 9.92. The van der Waals surface area contributed by atoms with Crippen molar-refractivity contribution in [1.29, 1.82) is 0 Å². The Kier molecular flexibility index (Phi) is 10.8. The highest BCUT2D eigenvalue weighted by atomic mass is 16.5. The maximum atomic E-state index is 13.4. The molecule has 0 spiro atoms. The molecule has 0 aromatic heterocycles. The number of amides is 1. The van der Waals surface area contributed by atoms with Gasteiger partial charge in [0.15, 0.2) is 11.5 Å². The Morgan fingerprint density at radius 2 is 1.67 bits per heavy atom. The van der Waals surface area contributed by atoms with Crippen LogP contribution in [0.15, 0.2) is 42.0 Å². The van der Waals surface area contributed by atoms with Gasteiger partial charge in [-0.2, -0.15) is 0 Å². The van der Waals surface area contributed by atoms with Crippen LogP contribution >= 0.6 is 0 Å². The molecule has 212 valence electrons. The van der Waals surface area contributed by atoms with Gasteiger partial charge in [-0.3, -0.25) is 9.59 Å². The molecule has 1 N–H and O–H groups in total. The molecular weight excluding hydrogens is 496 g/mol. The van der Waals surface area contributed by atoms with Crippen molar-refractivity contribution in [3.8, 4) is 17.2 Å². The van der Waals surface area contributed by atoms with Crippen LogP contribution in [-0.4, -0.2) is 74.1 Å². The summed E-state index contributed by atoms with van der Waals surface area (Å²) in [5.41, 5.74) is 2.00. The maximum Gasteiger partial charge on any atom is 0.295 e. The number of aliphatic hydroxyl groups excluding tert-OH is 1. The highest BCUT2D eigenvalue weighted by Gasteiger charge is 2.46. The van der Waals surface area contributed by atoms with Gasteiger partial charge in [0.05, 0.1) is 31.9 Å². The zero-order chi connectivity index (χ0) is 28.5. The van der Waals surface area contributed by atoms with Gasteiger partial charge in [-0.15, -0.1) is 0 Å². The van der Waals surface area contributed by atoms with Gasteiger partial charge in [0, 0.05) is 18.7 Å². The van der Waals surface area contributed by atoms with Gasteiger partial charge < -0.3 is 29.1 Å². The number of rotatable bonds is 14. The Morgan fingerprint density at radius 3 is 2.31 bits per heavy atom. The highest BCUT2D eigenvalue weighted by Crippen LogP contribution is 2.42. The molecule has 8 heteroatoms. The molecule has 1 unspecified atom stereocenters. The lowest BCUT2D eigenvalue weighted by molar-refractivity contribution is -0.140. The number of hydrogen-bond donors (Lipinski definition) is 1. The molecule has 39 heavy (non-hydrogen) atoms. The molecule has 1 amide bonds. The molecule has 0 radical (unpaired) electrons. The van der Waals surface area contributed by atoms with Gasteiger partial charge in [-0.25, -0.2) is 0 Å². The van der Waals surface area contributed by atoms with Crippen molar-refractivity contribution in [2.24, 2.45) is 0 Å². The number of unbranched alkanes of at least 4 members (excludes halogenated alkanes) is 2. The van der Waals surface area contributed by atoms with Crippen molar-refractivity contribution < 1.29 is 28.9 Å². The van der Waals surface area contributed by atoms with Gasteiger partial charge in [-0.1, -0.05) is 32.8 Å². The normalized spacial score (nSPS) is 16.7. The van der Waals surface area contributed by atoms with E-state index in [1.165, 1.54) is 4.90 Å². The van der Waals surface area contributed by atoms with E-state index in [-0.39, 0.29) is 11.3 Å². The predicted octanol–water partition coefficient (Wildman–Crippen LogP) is 5.34. The standard InChI is InChI=1S/C31H42N2O6/c1-7-9-10-18-39-25-14-11-22(20-26(25)37-6)28-27(30(35)31(36)33(28)16-15-32(4)5)29(34)23-12-13-24(21(3)19-23)38-17-8-2/h11-14,19-20,28,34H,7-10,15-18H2,1-6H3. The van der Waals surface area contributed by atoms with Crippen LogP contribution in [0, 0.1) is 6.92 Å². The summed E-state index contributed by atoms with van der Waals surface area (Å²) in [6.07, 6.45) is 3.99. The number of carbonyl (C=O) groups is 2. The molecule has 1 heterocycles. The molecule has 2 aromatic carbocycles. The Morgan fingerprint density at radius 1 is 0.949 bits per heavy atom. The number of aliphatic hydroxyl groups is 1. The first kappa shape index (κ1) is 30.0. The van der Waals surface area contributed by atoms with Crippen molar-refractivity contribution in [3.05, 3.63) is 58.7 Å². The number of aryl methyl sites for hydroxylation is 1. The molecule has 1 aliphatic rings. The van der Waals surface area contributed by atoms with E-state index >= 15 is 0 Å². The molecule has 1 atom stereocenters. The van der Waals surface area contributed by atoms with Crippen LogP contribution in [0.2, 0.25) is 0 Å². The van der Waals surface area contributed by atoms with Crippen LogP contribution < -0.4 is 14.2 Å². The van der Waals surface area contributed by atoms with Gasteiger partial charge >= 0.3 is 0 Å². The van der Waals surface area contributed by atoms with E-state index in [4.69, 9.17) is 14.2 Å². The van der Waals surface area contributed by atoms with Crippen molar-refractivity contribution >= 4 is 17.4 Å². The zero-order valence-electron chi connectivity index (χ0n) is 24.1. The second-order valence-electron chi connectivity index (χ2n) is 10.1. The van der Waals surface area contributed by atoms with Crippen molar-refractivity contribution in [2.45, 2.75) is 52.5 Å². The van der Waals surface area contributed by atoms with Crippen molar-refractivity contribution in [3.63, 3.8) is 0 Å². The lowest BCUT2D eigenvalue weighted by atomic mass is 9.94. The third-order valence-corrected chi connectivity index (χ3v) is 6.75. The van der Waals surface area contributed by atoms with Crippen LogP contribution in [0.1, 0.15) is 62.3 Å². The monoisotopic (exact) mass is 538 g/mol. The van der Waals surface area contributed by atoms with Crippen LogP contribution in [0.5, 0.6) is 17.2 Å². The SMILES string of the molecule is CCCCCOc1ccc(C2C(=C(O)c3ccc(OCCC)c(C)c3)C(=O)C(=O)N2CCN(C)C)cc1OC. The van der Waals surface area contributed by atoms with E-state index in [1.807, 2.05) is 38.9 Å². The van der Waals surface area contributed by atoms with Crippen LogP contribution in [0.3, 0.4) is 0 Å². The zero-order valence-corrected chi connectivity index (χ0v) is 24.1. The number of ether oxygens (including phenoxy) is 3. The molecular formula is C31H42N2O6. The lowest BCUT2D eigenvalue weighted by Crippen LogP contribution is -2.35. The molecule has 0 saturated carbocycles. The van der Waals surface area contributed by atoms with E-state index in [1.54, 1.807) is 37.4 Å². The lowest BCUT2D eigenvalue weighted by Gasteiger charge is -2.27. The molecule has 1 fully saturated rings. The van der Waals surface area contributed by atoms with Gasteiger partial charge in [-0.05, 0) is 75.3 Å². The molecule has 2 aromatic rings. The second-order valence-corrected chi connectivity index (χ2v) is 10.1.